The quantitative estimate of drug-likeness (QED) is 0.227. The lowest BCUT2D eigenvalue weighted by atomic mass is 9.22. The third-order valence-electron chi connectivity index (χ3n) is 16.7. The van der Waals surface area contributed by atoms with Gasteiger partial charge in [0, 0.05) is 11.5 Å². The van der Waals surface area contributed by atoms with Gasteiger partial charge in [-0.25, -0.2) is 4.79 Å². The van der Waals surface area contributed by atoms with Crippen molar-refractivity contribution in [1.29, 1.82) is 0 Å². The molecule has 0 aromatic heterocycles. The molecular formula is C39H62O4. The molecule has 4 heteroatoms. The molecule has 242 valence electrons. The summed E-state index contributed by atoms with van der Waals surface area (Å²) in [5.74, 6) is 3.45. The Balaban J connectivity index is 1.56. The standard InChI is InChI=1S/C39H62O4/c1-14-30(40)43-39(22-31(41)42-32(2,3)4)21-25-20-28(35(25,9)10)38(39,13)37(12)27-18-24(34(27,7)8)19-29(37)36(11)16-15-23-17-26(36)33(23,5)6/h14,23-29H,1,15-22H2,2-13H3. The smallest absolute Gasteiger partial charge is 0.330 e. The summed E-state index contributed by atoms with van der Waals surface area (Å²) < 4.78 is 12.8. The zero-order valence-corrected chi connectivity index (χ0v) is 29.6. The average molecular weight is 595 g/mol. The fraction of sp³-hybridized carbons (Fsp3) is 0.897. The fourth-order valence-electron chi connectivity index (χ4n) is 14.0. The normalized spacial score (nSPS) is 49.8. The molecule has 0 amide bonds. The maximum absolute atomic E-state index is 13.9. The molecule has 9 aliphatic rings. The van der Waals surface area contributed by atoms with Gasteiger partial charge in [0.2, 0.25) is 0 Å². The van der Waals surface area contributed by atoms with Crippen LogP contribution < -0.4 is 0 Å². The maximum atomic E-state index is 13.9. The number of carbonyl (C=O) groups excluding carboxylic acids is 2. The SMILES string of the molecule is C=CC(=O)OC1(CC(=O)OC(C)(C)C)CC2CC(C2(C)C)C1(C)C1(C)C2CC(CC1C1(C)CCC3CC1C3(C)C)C2(C)C. The van der Waals surface area contributed by atoms with Crippen molar-refractivity contribution in [2.24, 2.45) is 73.9 Å². The molecule has 0 aliphatic heterocycles. The molecule has 6 bridgehead atoms. The minimum absolute atomic E-state index is 0.116. The van der Waals surface area contributed by atoms with E-state index in [1.54, 1.807) is 0 Å². The van der Waals surface area contributed by atoms with Gasteiger partial charge < -0.3 is 9.47 Å². The largest absolute Gasteiger partial charge is 0.460 e. The van der Waals surface area contributed by atoms with Crippen LogP contribution in [0, 0.1) is 73.9 Å². The van der Waals surface area contributed by atoms with Gasteiger partial charge in [0.25, 0.3) is 0 Å². The Morgan fingerprint density at radius 2 is 1.30 bits per heavy atom. The van der Waals surface area contributed by atoms with E-state index in [1.807, 2.05) is 20.8 Å². The molecule has 0 radical (unpaired) electrons. The molecule has 0 heterocycles. The van der Waals surface area contributed by atoms with Crippen LogP contribution in [0.3, 0.4) is 0 Å². The summed E-state index contributed by atoms with van der Waals surface area (Å²) in [6.07, 6.45) is 9.78. The number of hydrogen-bond acceptors (Lipinski definition) is 4. The van der Waals surface area contributed by atoms with E-state index in [9.17, 15) is 9.59 Å². The van der Waals surface area contributed by atoms with E-state index in [2.05, 4.69) is 68.9 Å². The predicted octanol–water partition coefficient (Wildman–Crippen LogP) is 9.41. The third kappa shape index (κ3) is 3.79. The molecule has 43 heavy (non-hydrogen) atoms. The summed E-state index contributed by atoms with van der Waals surface area (Å²) in [5, 5.41) is 0. The zero-order chi connectivity index (χ0) is 32.0. The Morgan fingerprint density at radius 3 is 1.81 bits per heavy atom. The van der Waals surface area contributed by atoms with Gasteiger partial charge >= 0.3 is 11.9 Å². The van der Waals surface area contributed by atoms with Crippen molar-refractivity contribution in [3.8, 4) is 0 Å². The summed E-state index contributed by atoms with van der Waals surface area (Å²) in [6.45, 7) is 32.4. The van der Waals surface area contributed by atoms with Crippen molar-refractivity contribution >= 4 is 11.9 Å². The molecule has 4 nitrogen and oxygen atoms in total. The molecule has 11 unspecified atom stereocenters. The molecule has 0 spiro atoms. The predicted molar refractivity (Wildman–Crippen MR) is 172 cm³/mol. The van der Waals surface area contributed by atoms with E-state index in [1.165, 1.54) is 38.2 Å². The minimum Gasteiger partial charge on any atom is -0.460 e. The topological polar surface area (TPSA) is 52.6 Å². The van der Waals surface area contributed by atoms with E-state index in [0.29, 0.717) is 35.0 Å². The molecular weight excluding hydrogens is 532 g/mol. The highest BCUT2D eigenvalue weighted by molar-refractivity contribution is 5.82. The van der Waals surface area contributed by atoms with Crippen molar-refractivity contribution in [2.45, 2.75) is 146 Å². The van der Waals surface area contributed by atoms with Crippen LogP contribution >= 0.6 is 0 Å². The Morgan fingerprint density at radius 1 is 0.767 bits per heavy atom. The Kier molecular flexibility index (Phi) is 6.58. The van der Waals surface area contributed by atoms with Crippen molar-refractivity contribution in [3.63, 3.8) is 0 Å². The first-order chi connectivity index (χ1) is 19.5. The van der Waals surface area contributed by atoms with Gasteiger partial charge in [-0.1, -0.05) is 68.9 Å². The second kappa shape index (κ2) is 8.93. The number of hydrogen-bond donors (Lipinski definition) is 0. The van der Waals surface area contributed by atoms with Crippen LogP contribution in [0.1, 0.15) is 134 Å². The summed E-state index contributed by atoms with van der Waals surface area (Å²) in [5.41, 5.74) is -1.10. The first-order valence-corrected chi connectivity index (χ1v) is 17.6. The molecule has 11 atom stereocenters. The lowest BCUT2D eigenvalue weighted by Gasteiger charge is -2.83. The lowest BCUT2D eigenvalue weighted by Crippen LogP contribution is -2.80. The highest BCUT2D eigenvalue weighted by atomic mass is 16.6. The molecule has 0 N–H and O–H groups in total. The highest BCUT2D eigenvalue weighted by Crippen LogP contribution is 2.85. The molecule has 9 rings (SSSR count). The van der Waals surface area contributed by atoms with Crippen LogP contribution in [-0.4, -0.2) is 23.1 Å². The summed E-state index contributed by atoms with van der Waals surface area (Å²) in [6, 6.07) is 0. The highest BCUT2D eigenvalue weighted by Gasteiger charge is 2.82. The van der Waals surface area contributed by atoms with Gasteiger partial charge in [-0.2, -0.15) is 0 Å². The van der Waals surface area contributed by atoms with Gasteiger partial charge in [0.05, 0.1) is 6.42 Å². The van der Waals surface area contributed by atoms with E-state index >= 15 is 0 Å². The number of rotatable bonds is 6. The summed E-state index contributed by atoms with van der Waals surface area (Å²) in [4.78, 5) is 27.4. The van der Waals surface area contributed by atoms with Crippen molar-refractivity contribution in [1.82, 2.24) is 0 Å². The van der Waals surface area contributed by atoms with E-state index in [4.69, 9.17) is 9.47 Å². The number of carbonyl (C=O) groups is 2. The average Bonchev–Trinajstić information content (AvgIpc) is 2.87. The summed E-state index contributed by atoms with van der Waals surface area (Å²) >= 11 is 0. The Hall–Kier alpha value is -1.32. The van der Waals surface area contributed by atoms with Gasteiger partial charge in [-0.05, 0) is 134 Å². The third-order valence-corrected chi connectivity index (χ3v) is 16.7. The van der Waals surface area contributed by atoms with E-state index < -0.39 is 22.6 Å². The van der Waals surface area contributed by atoms with E-state index in [-0.39, 0.29) is 34.1 Å². The van der Waals surface area contributed by atoms with Gasteiger partial charge in [0.1, 0.15) is 11.2 Å². The van der Waals surface area contributed by atoms with Crippen LogP contribution in [0.2, 0.25) is 0 Å². The second-order valence-electron chi connectivity index (χ2n) is 19.8. The minimum atomic E-state index is -0.933. The van der Waals surface area contributed by atoms with Crippen LogP contribution in [0.5, 0.6) is 0 Å². The first-order valence-electron chi connectivity index (χ1n) is 17.6. The van der Waals surface area contributed by atoms with Crippen molar-refractivity contribution in [3.05, 3.63) is 12.7 Å². The zero-order valence-electron chi connectivity index (χ0n) is 29.6. The molecule has 9 aliphatic carbocycles. The number of fused-ring (bicyclic) bond motifs is 8. The fourth-order valence-corrected chi connectivity index (χ4v) is 14.0. The van der Waals surface area contributed by atoms with Crippen LogP contribution in [0.15, 0.2) is 12.7 Å². The van der Waals surface area contributed by atoms with Crippen LogP contribution in [0.4, 0.5) is 0 Å². The monoisotopic (exact) mass is 594 g/mol. The molecule has 9 saturated carbocycles. The van der Waals surface area contributed by atoms with Crippen molar-refractivity contribution in [2.75, 3.05) is 0 Å². The number of ether oxygens (including phenoxy) is 2. The second-order valence-corrected chi connectivity index (χ2v) is 19.8. The lowest BCUT2D eigenvalue weighted by molar-refractivity contribution is -0.370. The molecule has 0 saturated heterocycles. The first kappa shape index (κ1) is 31.7. The van der Waals surface area contributed by atoms with Crippen LogP contribution in [0.25, 0.3) is 0 Å². The Labute approximate surface area is 262 Å². The summed E-state index contributed by atoms with van der Waals surface area (Å²) in [7, 11) is 0. The number of esters is 2. The molecule has 9 fully saturated rings. The molecule has 0 aromatic carbocycles. The van der Waals surface area contributed by atoms with Gasteiger partial charge in [-0.15, -0.1) is 0 Å². The van der Waals surface area contributed by atoms with Gasteiger partial charge in [0.15, 0.2) is 0 Å². The molecule has 0 aromatic rings. The Bertz CT molecular complexity index is 1220. The van der Waals surface area contributed by atoms with Crippen LogP contribution in [-0.2, 0) is 19.1 Å². The van der Waals surface area contributed by atoms with Gasteiger partial charge in [-0.3, -0.25) is 4.79 Å². The van der Waals surface area contributed by atoms with E-state index in [0.717, 1.165) is 24.7 Å². The maximum Gasteiger partial charge on any atom is 0.330 e. The van der Waals surface area contributed by atoms with Crippen molar-refractivity contribution < 1.29 is 19.1 Å².